The van der Waals surface area contributed by atoms with Gasteiger partial charge in [-0.1, -0.05) is 154 Å². The predicted octanol–water partition coefficient (Wildman–Crippen LogP) is 5.20. The maximum Gasteiger partial charge on any atom is 0 e. The summed E-state index contributed by atoms with van der Waals surface area (Å²) >= 11 is -16.4. The van der Waals surface area contributed by atoms with E-state index >= 15 is 0 Å². The molecule has 64 heavy (non-hydrogen) atoms. The summed E-state index contributed by atoms with van der Waals surface area (Å²) in [6, 6.07) is 49.4. The third-order valence-electron chi connectivity index (χ3n) is 7.15. The van der Waals surface area contributed by atoms with Gasteiger partial charge in [0.05, 0.1) is 0 Å². The average molecular weight is 1270 g/mol. The van der Waals surface area contributed by atoms with Gasteiger partial charge in [0.15, 0.2) is 23.0 Å². The second-order valence-electron chi connectivity index (χ2n) is 11.8. The van der Waals surface area contributed by atoms with Crippen LogP contribution in [0.15, 0.2) is 146 Å². The first-order valence-corrected chi connectivity index (χ1v) is 27.6. The maximum absolute atomic E-state index is 9.91. The number of hydrogen-bond donors (Lipinski definition) is 0. The van der Waals surface area contributed by atoms with Crippen molar-refractivity contribution in [2.24, 2.45) is 0 Å². The summed E-state index contributed by atoms with van der Waals surface area (Å²) in [5, 5.41) is 2.06. The number of fused-ring (bicyclic) bond motifs is 2. The topological polar surface area (TPSA) is 99.9 Å². The summed E-state index contributed by atoms with van der Waals surface area (Å²) in [4.78, 5) is 0. The molecule has 0 fully saturated rings. The first kappa shape index (κ1) is 67.4. The van der Waals surface area contributed by atoms with Crippen LogP contribution < -0.4 is 39.0 Å². The van der Waals surface area contributed by atoms with Gasteiger partial charge in [-0.25, -0.2) is 0 Å². The van der Waals surface area contributed by atoms with Crippen LogP contribution in [0.1, 0.15) is 20.3 Å². The summed E-state index contributed by atoms with van der Waals surface area (Å²) in [6.07, 6.45) is 1.25. The van der Waals surface area contributed by atoms with E-state index in [1.807, 2.05) is 48.5 Å². The summed E-state index contributed by atoms with van der Waals surface area (Å²) in [6.45, 7) is 4.74. The second-order valence-corrected chi connectivity index (χ2v) is 19.1. The predicted molar refractivity (Wildman–Crippen MR) is 235 cm³/mol. The van der Waals surface area contributed by atoms with E-state index in [4.69, 9.17) is 18.9 Å². The molecule has 2 aliphatic rings. The zero-order valence-electron chi connectivity index (χ0n) is 33.6. The van der Waals surface area contributed by atoms with Crippen LogP contribution in [0.3, 0.4) is 0 Å². The molecule has 2 heterocycles. The fourth-order valence-electron chi connectivity index (χ4n) is 5.01. The molecule has 0 aromatic heterocycles. The van der Waals surface area contributed by atoms with Gasteiger partial charge in [-0.15, -0.1) is 18.5 Å². The van der Waals surface area contributed by atoms with E-state index < -0.39 is 41.4 Å². The molecule has 0 saturated carbocycles. The molecule has 6 aromatic carbocycles. The molecule has 0 bridgehead atoms. The van der Waals surface area contributed by atoms with Crippen LogP contribution in [0.2, 0.25) is 0 Å². The molecule has 23 heteroatoms. The van der Waals surface area contributed by atoms with Gasteiger partial charge in [0.25, 0.3) is 0 Å². The quantitative estimate of drug-likeness (QED) is 0.139. The second kappa shape index (κ2) is 32.4. The molecule has 2 unspecified atom stereocenters. The van der Waals surface area contributed by atoms with Gasteiger partial charge < -0.3 is 39.3 Å². The Hall–Kier alpha value is -3.24. The van der Waals surface area contributed by atoms with E-state index in [1.54, 1.807) is 0 Å². The number of hydrogen-bond acceptors (Lipinski definition) is 4. The third-order valence-corrected chi connectivity index (χ3v) is 8.12. The van der Waals surface area contributed by atoms with E-state index in [-0.39, 0.29) is 59.1 Å². The van der Waals surface area contributed by atoms with Crippen LogP contribution in [0, 0.1) is 0 Å². The molecule has 2 atom stereocenters. The van der Waals surface area contributed by atoms with Crippen molar-refractivity contribution in [2.45, 2.75) is 20.3 Å². The zero-order chi connectivity index (χ0) is 42.8. The van der Waals surface area contributed by atoms with Crippen LogP contribution in [0.4, 0.5) is 30.0 Å². The Balaban J connectivity index is -0.000000363. The molecule has 2 aliphatic heterocycles. The standard InChI is InChI=1S/C14H12O4P2.2C12H10.C3H8.12FH.2H2O.Pd.2Sb.H/c19-9-3-1-7-13(17-5-15-7)11(9)12-10(20)4-2-8-14(12)18-6-16-8;2*1-3-7-11(8-4-1)12-9-5-2-6-10-12;1-3-2;;;;;;;;;;;;;;;;;;/h1-4H,5-6,19-20H2;2*1-10H;3H2,1-2H3;12*1H;2*1H2;;;;/q;;;;;;;;;;;;;;;;;;;+4;+5;/p-11. The number of ether oxygens (including phenoxy) is 4. The Labute approximate surface area is 393 Å². The molecule has 362 valence electrons. The van der Waals surface area contributed by atoms with Crippen LogP contribution in [0.5, 0.6) is 23.0 Å². The van der Waals surface area contributed by atoms with Gasteiger partial charge in [0, 0.05) is 31.5 Å². The minimum atomic E-state index is -9.19. The van der Waals surface area contributed by atoms with Gasteiger partial charge >= 0.3 is 66.7 Å². The Morgan fingerprint density at radius 3 is 0.875 bits per heavy atom. The first-order chi connectivity index (χ1) is 27.3. The minimum Gasteiger partial charge on any atom is -0.0622 e. The first-order valence-electron chi connectivity index (χ1n) is 17.3. The van der Waals surface area contributed by atoms with Gasteiger partial charge in [-0.2, -0.15) is 0 Å². The molecular weight excluding hydrogens is 1230 g/mol. The number of benzene rings is 6. The van der Waals surface area contributed by atoms with Crippen molar-refractivity contribution in [1.29, 1.82) is 0 Å². The largest absolute Gasteiger partial charge is 0.0622 e. The van der Waals surface area contributed by atoms with Crippen molar-refractivity contribution in [3.63, 3.8) is 0 Å². The summed E-state index contributed by atoms with van der Waals surface area (Å²) in [5.41, 5.74) is 7.04. The molecule has 8 rings (SSSR count). The van der Waals surface area contributed by atoms with Gasteiger partial charge in [-0.05, 0) is 45.0 Å². The van der Waals surface area contributed by atoms with Crippen molar-refractivity contribution < 1.29 is 89.8 Å². The zero-order valence-corrected chi connectivity index (χ0v) is 42.9. The fourth-order valence-corrected chi connectivity index (χ4v) is 5.76. The molecule has 0 amide bonds. The number of halogens is 12. The van der Waals surface area contributed by atoms with Crippen LogP contribution >= 0.6 is 18.5 Å². The Kier molecular flexibility index (Phi) is 34.1. The van der Waals surface area contributed by atoms with E-state index in [9.17, 15) is 25.3 Å². The van der Waals surface area contributed by atoms with Gasteiger partial charge in [0.2, 0.25) is 13.6 Å². The van der Waals surface area contributed by atoms with Crippen molar-refractivity contribution in [2.75, 3.05) is 13.6 Å². The van der Waals surface area contributed by atoms with Crippen molar-refractivity contribution in [3.05, 3.63) is 146 Å². The van der Waals surface area contributed by atoms with Crippen LogP contribution in [-0.4, -0.2) is 66.0 Å². The average Bonchev–Trinajstić information content (AvgIpc) is 3.86. The van der Waals surface area contributed by atoms with E-state index in [1.165, 1.54) is 28.7 Å². The molecule has 0 saturated heterocycles. The molecular formula is C41H46F12O6P2PdSb2-2. The van der Waals surface area contributed by atoms with Gasteiger partial charge in [0.1, 0.15) is 0 Å². The third kappa shape index (κ3) is 26.0. The molecule has 0 aliphatic carbocycles. The fraction of sp³-hybridized carbons (Fsp3) is 0.122. The SMILES string of the molecule is CCC.F.O.O.Pc1ccc2c(c1-c1c(P)ccc3c1OCO3)OCO2.[F-].[F-].[F][SbH]([F])([F])[F].[F][Sb]([F])([F])([F])[F].[Pd].c1ccc(-c2ccccc2)cc1.c1ccc(-c2ccccc2)cc1. The van der Waals surface area contributed by atoms with E-state index in [0.717, 1.165) is 44.7 Å². The summed E-state index contributed by atoms with van der Waals surface area (Å²) in [5.74, 6) is 3.02. The molecule has 0 radical (unpaired) electrons. The van der Waals surface area contributed by atoms with E-state index in [0.29, 0.717) is 0 Å². The Morgan fingerprint density at radius 2 is 0.672 bits per heavy atom. The monoisotopic (exact) mass is 1270 g/mol. The number of rotatable bonds is 3. The molecule has 6 aromatic rings. The molecule has 0 spiro atoms. The maximum atomic E-state index is 9.91. The van der Waals surface area contributed by atoms with E-state index in [2.05, 4.69) is 129 Å². The van der Waals surface area contributed by atoms with Crippen molar-refractivity contribution in [3.8, 4) is 56.4 Å². The summed E-state index contributed by atoms with van der Waals surface area (Å²) < 4.78 is 111. The Bertz CT molecular complexity index is 1920. The smallest absolute Gasteiger partial charge is 0 e. The van der Waals surface area contributed by atoms with Crippen molar-refractivity contribution >= 4 is 70.5 Å². The summed E-state index contributed by atoms with van der Waals surface area (Å²) in [7, 11) is 5.47. The van der Waals surface area contributed by atoms with Crippen LogP contribution in [0.25, 0.3) is 33.4 Å². The molecule has 4 N–H and O–H groups in total. The van der Waals surface area contributed by atoms with Crippen LogP contribution in [-0.2, 0) is 20.4 Å². The Morgan fingerprint density at radius 1 is 0.469 bits per heavy atom. The normalized spacial score (nSPS) is 11.5. The molecule has 6 nitrogen and oxygen atoms in total. The minimum absolute atomic E-state index is 0. The van der Waals surface area contributed by atoms with Gasteiger partial charge in [-0.3, -0.25) is 4.70 Å². The van der Waals surface area contributed by atoms with Crippen molar-refractivity contribution in [1.82, 2.24) is 0 Å².